The van der Waals surface area contributed by atoms with E-state index in [4.69, 9.17) is 15.3 Å². The van der Waals surface area contributed by atoms with Crippen LogP contribution in [0.25, 0.3) is 0 Å². The van der Waals surface area contributed by atoms with Gasteiger partial charge < -0.3 is 15.0 Å². The summed E-state index contributed by atoms with van der Waals surface area (Å²) in [4.78, 5) is 38.4. The Morgan fingerprint density at radius 2 is 1.85 bits per heavy atom. The highest BCUT2D eigenvalue weighted by Crippen LogP contribution is 2.36. The number of hydrogen-bond acceptors (Lipinski definition) is 7. The van der Waals surface area contributed by atoms with Crippen LogP contribution in [0.1, 0.15) is 19.3 Å². The van der Waals surface area contributed by atoms with E-state index in [1.165, 1.54) is 16.7 Å². The van der Waals surface area contributed by atoms with Crippen molar-refractivity contribution < 1.29 is 19.1 Å². The number of hydrogen-bond donors (Lipinski definition) is 1. The normalized spacial score (nSPS) is 14.9. The first-order valence-corrected chi connectivity index (χ1v) is 9.17. The minimum absolute atomic E-state index is 0.128. The summed E-state index contributed by atoms with van der Waals surface area (Å²) in [7, 11) is 0. The number of nitrogens with one attached hydrogen (secondary N) is 1. The molecule has 0 saturated heterocycles. The van der Waals surface area contributed by atoms with Crippen molar-refractivity contribution in [3.05, 3.63) is 24.3 Å². The highest BCUT2D eigenvalue weighted by molar-refractivity contribution is 8.01. The largest absolute Gasteiger partial charge is 0.456 e. The van der Waals surface area contributed by atoms with Gasteiger partial charge in [-0.25, -0.2) is 0 Å². The number of benzene rings is 1. The number of anilines is 1. The molecule has 140 valence electrons. The Morgan fingerprint density at radius 3 is 2.52 bits per heavy atom. The van der Waals surface area contributed by atoms with Crippen molar-refractivity contribution in [2.24, 2.45) is 0 Å². The molecule has 0 spiro atoms. The number of esters is 1. The summed E-state index contributed by atoms with van der Waals surface area (Å²) in [5.74, 6) is -1.41. The first-order valence-electron chi connectivity index (χ1n) is 8.29. The van der Waals surface area contributed by atoms with Gasteiger partial charge in [-0.15, -0.1) is 11.8 Å². The highest BCUT2D eigenvalue weighted by Gasteiger charge is 2.29. The van der Waals surface area contributed by atoms with E-state index in [9.17, 15) is 14.4 Å². The number of thioether (sulfide) groups is 1. The average molecular weight is 386 g/mol. The fourth-order valence-corrected chi connectivity index (χ4v) is 3.50. The van der Waals surface area contributed by atoms with Gasteiger partial charge >= 0.3 is 5.97 Å². The Bertz CT molecular complexity index is 781. The van der Waals surface area contributed by atoms with Gasteiger partial charge in [0.15, 0.2) is 6.61 Å². The molecular weight excluding hydrogens is 368 g/mol. The number of nitrogens with zero attached hydrogens (tertiary/aromatic N) is 3. The van der Waals surface area contributed by atoms with Crippen LogP contribution in [0.3, 0.4) is 0 Å². The maximum atomic E-state index is 12.1. The molecule has 1 aromatic carbocycles. The number of nitriles is 2. The monoisotopic (exact) mass is 386 g/mol. The Labute approximate surface area is 161 Å². The molecule has 8 nitrogen and oxygen atoms in total. The lowest BCUT2D eigenvalue weighted by molar-refractivity contribution is -0.152. The van der Waals surface area contributed by atoms with Gasteiger partial charge in [-0.2, -0.15) is 10.5 Å². The zero-order valence-corrected chi connectivity index (χ0v) is 15.3. The van der Waals surface area contributed by atoms with Gasteiger partial charge in [0, 0.05) is 18.0 Å². The zero-order valence-electron chi connectivity index (χ0n) is 14.5. The van der Waals surface area contributed by atoms with E-state index < -0.39 is 23.7 Å². The van der Waals surface area contributed by atoms with E-state index in [0.29, 0.717) is 5.69 Å². The molecule has 0 bridgehead atoms. The molecule has 27 heavy (non-hydrogen) atoms. The third-order valence-corrected chi connectivity index (χ3v) is 5.03. The molecule has 1 atom stereocenters. The van der Waals surface area contributed by atoms with Crippen LogP contribution in [-0.4, -0.2) is 47.6 Å². The quantitative estimate of drug-likeness (QED) is 0.674. The second-order valence-electron chi connectivity index (χ2n) is 5.65. The summed E-state index contributed by atoms with van der Waals surface area (Å²) < 4.78 is 4.99. The van der Waals surface area contributed by atoms with E-state index >= 15 is 0 Å². The van der Waals surface area contributed by atoms with Gasteiger partial charge in [-0.05, 0) is 12.1 Å². The third-order valence-electron chi connectivity index (χ3n) is 3.76. The van der Waals surface area contributed by atoms with E-state index in [0.717, 1.165) is 4.90 Å². The summed E-state index contributed by atoms with van der Waals surface area (Å²) in [6.45, 7) is -0.135. The fourth-order valence-electron chi connectivity index (χ4n) is 2.40. The summed E-state index contributed by atoms with van der Waals surface area (Å²) in [6.07, 6.45) is 0.0985. The summed E-state index contributed by atoms with van der Waals surface area (Å²) in [5, 5.41) is 19.4. The predicted octanol–water partition coefficient (Wildman–Crippen LogP) is 1.69. The second-order valence-corrected chi connectivity index (χ2v) is 6.90. The van der Waals surface area contributed by atoms with Crippen LogP contribution in [-0.2, 0) is 19.1 Å². The van der Waals surface area contributed by atoms with E-state index in [-0.39, 0.29) is 38.3 Å². The Morgan fingerprint density at radius 1 is 1.19 bits per heavy atom. The molecule has 1 heterocycles. The molecule has 1 aromatic rings. The van der Waals surface area contributed by atoms with Crippen LogP contribution < -0.4 is 5.32 Å². The van der Waals surface area contributed by atoms with Crippen LogP contribution in [0, 0.1) is 22.7 Å². The third kappa shape index (κ3) is 6.01. The highest BCUT2D eigenvalue weighted by atomic mass is 32.2. The van der Waals surface area contributed by atoms with Crippen molar-refractivity contribution in [1.82, 2.24) is 4.90 Å². The van der Waals surface area contributed by atoms with Crippen molar-refractivity contribution in [3.63, 3.8) is 0 Å². The first kappa shape index (κ1) is 20.3. The van der Waals surface area contributed by atoms with Crippen molar-refractivity contribution in [2.75, 3.05) is 25.0 Å². The number of amides is 2. The Kier molecular flexibility index (Phi) is 7.65. The molecule has 1 aliphatic heterocycles. The Hall–Kier alpha value is -3.04. The zero-order chi connectivity index (χ0) is 19.6. The van der Waals surface area contributed by atoms with Crippen molar-refractivity contribution >= 4 is 35.2 Å². The van der Waals surface area contributed by atoms with Crippen molar-refractivity contribution in [2.45, 2.75) is 29.4 Å². The van der Waals surface area contributed by atoms with Gasteiger partial charge in [0.05, 0.1) is 42.3 Å². The smallest absolute Gasteiger partial charge is 0.307 e. The number of rotatable bonds is 8. The topological polar surface area (TPSA) is 123 Å². The summed E-state index contributed by atoms with van der Waals surface area (Å²) >= 11 is 1.28. The van der Waals surface area contributed by atoms with Crippen molar-refractivity contribution in [1.29, 1.82) is 10.5 Å². The lowest BCUT2D eigenvalue weighted by atomic mass is 10.2. The molecule has 0 radical (unpaired) electrons. The average Bonchev–Trinajstić information content (AvgIpc) is 2.67. The molecule has 2 amide bonds. The minimum atomic E-state index is -0.657. The number of para-hydroxylation sites is 1. The van der Waals surface area contributed by atoms with Crippen LogP contribution in [0.4, 0.5) is 5.69 Å². The predicted molar refractivity (Wildman–Crippen MR) is 97.3 cm³/mol. The van der Waals surface area contributed by atoms with Gasteiger partial charge in [-0.1, -0.05) is 12.1 Å². The molecule has 1 aliphatic rings. The van der Waals surface area contributed by atoms with Crippen LogP contribution >= 0.6 is 11.8 Å². The SMILES string of the molecule is N#CCCN(CCC#N)C(=O)COC(=O)C[C@@H]1Sc2ccccc2NC1=O. The number of fused-ring (bicyclic) bond motifs is 1. The standard InChI is InChI=1S/C18H18N4O4S/c19-7-3-9-22(10-4-8-20)16(23)12-26-17(24)11-15-18(25)21-13-5-1-2-6-14(13)27-15/h1-2,5-6,15H,3-4,9-12H2,(H,21,25)/t15-/m0/s1. The molecule has 0 saturated carbocycles. The second kappa shape index (κ2) is 10.2. The lowest BCUT2D eigenvalue weighted by Gasteiger charge is -2.23. The van der Waals surface area contributed by atoms with Gasteiger partial charge in [0.25, 0.3) is 5.91 Å². The van der Waals surface area contributed by atoms with Crippen LogP contribution in [0.2, 0.25) is 0 Å². The Balaban J connectivity index is 1.84. The summed E-state index contributed by atoms with van der Waals surface area (Å²) in [5.41, 5.74) is 0.706. The van der Waals surface area contributed by atoms with Crippen molar-refractivity contribution in [3.8, 4) is 12.1 Å². The lowest BCUT2D eigenvalue weighted by Crippen LogP contribution is -2.37. The van der Waals surface area contributed by atoms with E-state index in [2.05, 4.69) is 5.32 Å². The van der Waals surface area contributed by atoms with Crippen LogP contribution in [0.5, 0.6) is 0 Å². The fraction of sp³-hybridized carbons (Fsp3) is 0.389. The molecule has 0 fully saturated rings. The minimum Gasteiger partial charge on any atom is -0.456 e. The van der Waals surface area contributed by atoms with Crippen LogP contribution in [0.15, 0.2) is 29.2 Å². The van der Waals surface area contributed by atoms with Gasteiger partial charge in [-0.3, -0.25) is 14.4 Å². The number of carbonyl (C=O) groups excluding carboxylic acids is 3. The maximum Gasteiger partial charge on any atom is 0.307 e. The molecule has 0 aromatic heterocycles. The van der Waals surface area contributed by atoms with E-state index in [1.54, 1.807) is 6.07 Å². The van der Waals surface area contributed by atoms with Gasteiger partial charge in [0.1, 0.15) is 0 Å². The summed E-state index contributed by atoms with van der Waals surface area (Å²) in [6, 6.07) is 11.1. The molecule has 0 aliphatic carbocycles. The van der Waals surface area contributed by atoms with E-state index in [1.807, 2.05) is 30.3 Å². The molecule has 0 unspecified atom stereocenters. The molecule has 2 rings (SSSR count). The van der Waals surface area contributed by atoms with Gasteiger partial charge in [0.2, 0.25) is 5.91 Å². The number of carbonyl (C=O) groups is 3. The molecule has 9 heteroatoms. The number of ether oxygens (including phenoxy) is 1. The molecular formula is C18H18N4O4S. The maximum absolute atomic E-state index is 12.1. The molecule has 1 N–H and O–H groups in total. The first-order chi connectivity index (χ1) is 13.0.